The number of non-ortho nitro benzene ring substituents is 1. The minimum atomic E-state index is -0.479. The zero-order valence-electron chi connectivity index (χ0n) is 12.1. The lowest BCUT2D eigenvalue weighted by Crippen LogP contribution is -1.99. The standard InChI is InChI=1S/C14H14N2O4S2/c1-3-6-20-12-5-4-10(16(18)19)7-9(12)8-11-13(17)22-14(15-11)21-2/h4-5,7-8H,3,6H2,1-2H3/b11-8+. The summed E-state index contributed by atoms with van der Waals surface area (Å²) in [4.78, 5) is 26.5. The molecule has 0 unspecified atom stereocenters. The van der Waals surface area contributed by atoms with Crippen LogP contribution in [0.2, 0.25) is 0 Å². The summed E-state index contributed by atoms with van der Waals surface area (Å²) >= 11 is 2.45. The van der Waals surface area contributed by atoms with Gasteiger partial charge in [0.25, 0.3) is 5.69 Å². The fourth-order valence-electron chi connectivity index (χ4n) is 1.73. The van der Waals surface area contributed by atoms with E-state index < -0.39 is 4.92 Å². The normalized spacial score (nSPS) is 16.0. The molecule has 0 spiro atoms. The second-order valence-corrected chi connectivity index (χ2v) is 6.34. The van der Waals surface area contributed by atoms with Crippen molar-refractivity contribution in [1.29, 1.82) is 0 Å². The molecule has 1 aromatic carbocycles. The summed E-state index contributed by atoms with van der Waals surface area (Å²) in [7, 11) is 0. The quantitative estimate of drug-likeness (QED) is 0.462. The van der Waals surface area contributed by atoms with Gasteiger partial charge in [0.1, 0.15) is 15.8 Å². The van der Waals surface area contributed by atoms with Crippen LogP contribution in [0.1, 0.15) is 18.9 Å². The van der Waals surface area contributed by atoms with Crippen LogP contribution in [-0.4, -0.2) is 27.3 Å². The Balaban J connectivity index is 2.42. The van der Waals surface area contributed by atoms with Crippen LogP contribution in [0.25, 0.3) is 6.08 Å². The van der Waals surface area contributed by atoms with Crippen LogP contribution in [0.3, 0.4) is 0 Å². The van der Waals surface area contributed by atoms with Crippen molar-refractivity contribution in [2.24, 2.45) is 4.99 Å². The van der Waals surface area contributed by atoms with E-state index in [9.17, 15) is 14.9 Å². The average molecular weight is 338 g/mol. The molecule has 1 aliphatic rings. The number of nitrogens with zero attached hydrogens (tertiary/aromatic N) is 2. The molecular formula is C14H14N2O4S2. The molecule has 2 rings (SSSR count). The van der Waals surface area contributed by atoms with E-state index in [4.69, 9.17) is 4.74 Å². The number of nitro groups is 1. The van der Waals surface area contributed by atoms with Gasteiger partial charge in [-0.05, 0) is 36.6 Å². The molecule has 0 bridgehead atoms. The second-order valence-electron chi connectivity index (χ2n) is 4.33. The molecule has 0 aromatic heterocycles. The SMILES string of the molecule is CCCOc1ccc([N+](=O)[O-])cc1/C=C1/N=C(SC)SC1=O. The average Bonchev–Trinajstić information content (AvgIpc) is 2.86. The summed E-state index contributed by atoms with van der Waals surface area (Å²) in [5.41, 5.74) is 0.705. The summed E-state index contributed by atoms with van der Waals surface area (Å²) in [6, 6.07) is 4.32. The largest absolute Gasteiger partial charge is 0.493 e. The lowest BCUT2D eigenvalue weighted by atomic mass is 10.1. The van der Waals surface area contributed by atoms with Gasteiger partial charge in [-0.1, -0.05) is 6.92 Å². The van der Waals surface area contributed by atoms with Crippen LogP contribution in [0.15, 0.2) is 28.9 Å². The Kier molecular flexibility index (Phi) is 5.62. The van der Waals surface area contributed by atoms with Gasteiger partial charge >= 0.3 is 0 Å². The van der Waals surface area contributed by atoms with Gasteiger partial charge in [-0.25, -0.2) is 4.99 Å². The molecule has 8 heteroatoms. The first-order valence-corrected chi connectivity index (χ1v) is 8.57. The minimum Gasteiger partial charge on any atom is -0.493 e. The van der Waals surface area contributed by atoms with Crippen molar-refractivity contribution in [2.75, 3.05) is 12.9 Å². The number of thioether (sulfide) groups is 2. The third-order valence-corrected chi connectivity index (χ3v) is 4.58. The zero-order chi connectivity index (χ0) is 16.1. The summed E-state index contributed by atoms with van der Waals surface area (Å²) in [5.74, 6) is 0.505. The number of hydrogen-bond acceptors (Lipinski definition) is 7. The highest BCUT2D eigenvalue weighted by molar-refractivity contribution is 8.45. The second kappa shape index (κ2) is 7.46. The van der Waals surface area contributed by atoms with E-state index in [-0.39, 0.29) is 16.5 Å². The Morgan fingerprint density at radius 2 is 2.27 bits per heavy atom. The Morgan fingerprint density at radius 3 is 2.86 bits per heavy atom. The summed E-state index contributed by atoms with van der Waals surface area (Å²) in [5, 5.41) is 10.8. The number of rotatable bonds is 5. The van der Waals surface area contributed by atoms with Crippen molar-refractivity contribution >= 4 is 44.8 Å². The van der Waals surface area contributed by atoms with E-state index in [0.717, 1.165) is 18.2 Å². The summed E-state index contributed by atoms with van der Waals surface area (Å²) in [6.45, 7) is 2.46. The topological polar surface area (TPSA) is 81.8 Å². The highest BCUT2D eigenvalue weighted by Gasteiger charge is 2.22. The van der Waals surface area contributed by atoms with Crippen LogP contribution in [0.4, 0.5) is 5.69 Å². The number of benzene rings is 1. The van der Waals surface area contributed by atoms with E-state index in [0.29, 0.717) is 22.3 Å². The molecule has 0 radical (unpaired) electrons. The molecule has 1 heterocycles. The van der Waals surface area contributed by atoms with Crippen LogP contribution >= 0.6 is 23.5 Å². The van der Waals surface area contributed by atoms with Gasteiger partial charge in [-0.3, -0.25) is 14.9 Å². The Hall–Kier alpha value is -1.80. The van der Waals surface area contributed by atoms with Gasteiger partial charge in [-0.2, -0.15) is 0 Å². The smallest absolute Gasteiger partial charge is 0.270 e. The van der Waals surface area contributed by atoms with Gasteiger partial charge in [-0.15, -0.1) is 11.8 Å². The van der Waals surface area contributed by atoms with E-state index in [1.165, 1.54) is 30.0 Å². The first-order chi connectivity index (χ1) is 10.5. The molecule has 0 saturated heterocycles. The van der Waals surface area contributed by atoms with E-state index in [2.05, 4.69) is 4.99 Å². The number of nitro benzene ring substituents is 1. The first-order valence-electron chi connectivity index (χ1n) is 6.53. The van der Waals surface area contributed by atoms with E-state index in [1.54, 1.807) is 6.07 Å². The molecule has 1 aliphatic heterocycles. The van der Waals surface area contributed by atoms with Gasteiger partial charge in [0.05, 0.1) is 11.5 Å². The maximum atomic E-state index is 11.9. The molecule has 0 aliphatic carbocycles. The van der Waals surface area contributed by atoms with Crippen molar-refractivity contribution in [2.45, 2.75) is 13.3 Å². The van der Waals surface area contributed by atoms with E-state index in [1.807, 2.05) is 13.2 Å². The number of ether oxygens (including phenoxy) is 1. The predicted molar refractivity (Wildman–Crippen MR) is 90.4 cm³/mol. The van der Waals surface area contributed by atoms with Crippen LogP contribution in [0, 0.1) is 10.1 Å². The van der Waals surface area contributed by atoms with Crippen molar-refractivity contribution in [3.63, 3.8) is 0 Å². The Morgan fingerprint density at radius 1 is 1.50 bits per heavy atom. The van der Waals surface area contributed by atoms with Gasteiger partial charge in [0.15, 0.2) is 0 Å². The van der Waals surface area contributed by atoms with E-state index >= 15 is 0 Å². The molecule has 1 aromatic rings. The third-order valence-electron chi connectivity index (χ3n) is 2.73. The maximum absolute atomic E-state index is 11.9. The molecule has 0 amide bonds. The highest BCUT2D eigenvalue weighted by atomic mass is 32.2. The molecule has 116 valence electrons. The van der Waals surface area contributed by atoms with Crippen molar-refractivity contribution in [1.82, 2.24) is 0 Å². The Bertz CT molecular complexity index is 671. The lowest BCUT2D eigenvalue weighted by molar-refractivity contribution is -0.384. The summed E-state index contributed by atoms with van der Waals surface area (Å²) < 4.78 is 6.25. The predicted octanol–water partition coefficient (Wildman–Crippen LogP) is 3.72. The maximum Gasteiger partial charge on any atom is 0.270 e. The molecule has 0 N–H and O–H groups in total. The lowest BCUT2D eigenvalue weighted by Gasteiger charge is -2.08. The van der Waals surface area contributed by atoms with Crippen molar-refractivity contribution < 1.29 is 14.5 Å². The molecule has 0 fully saturated rings. The number of carbonyl (C=O) groups is 1. The summed E-state index contributed by atoms with van der Waals surface area (Å²) in [6.07, 6.45) is 4.19. The van der Waals surface area contributed by atoms with Crippen LogP contribution < -0.4 is 4.74 Å². The zero-order valence-corrected chi connectivity index (χ0v) is 13.7. The molecule has 6 nitrogen and oxygen atoms in total. The van der Waals surface area contributed by atoms with Gasteiger partial charge < -0.3 is 4.74 Å². The first kappa shape index (κ1) is 16.6. The van der Waals surface area contributed by atoms with Crippen molar-refractivity contribution in [3.8, 4) is 5.75 Å². The number of hydrogen-bond donors (Lipinski definition) is 0. The molecule has 22 heavy (non-hydrogen) atoms. The van der Waals surface area contributed by atoms with Crippen molar-refractivity contribution in [3.05, 3.63) is 39.6 Å². The molecule has 0 atom stereocenters. The van der Waals surface area contributed by atoms with Crippen LogP contribution in [0.5, 0.6) is 5.75 Å². The Labute approximate surface area is 136 Å². The fraction of sp³-hybridized carbons (Fsp3) is 0.286. The molecule has 0 saturated carbocycles. The number of carbonyl (C=O) groups excluding carboxylic acids is 1. The number of aliphatic imine (C=N–C) groups is 1. The fourth-order valence-corrected chi connectivity index (χ4v) is 2.99. The minimum absolute atomic E-state index is 0.0529. The van der Waals surface area contributed by atoms with Gasteiger partial charge in [0, 0.05) is 17.7 Å². The van der Waals surface area contributed by atoms with Gasteiger partial charge in [0.2, 0.25) is 5.12 Å². The third kappa shape index (κ3) is 3.89. The monoisotopic (exact) mass is 338 g/mol. The van der Waals surface area contributed by atoms with Crippen LogP contribution in [-0.2, 0) is 4.79 Å². The highest BCUT2D eigenvalue weighted by Crippen LogP contribution is 2.32. The molecular weight excluding hydrogens is 324 g/mol.